The van der Waals surface area contributed by atoms with Gasteiger partial charge in [0, 0.05) is 24.5 Å². The minimum Gasteiger partial charge on any atom is -0.376 e. The molecule has 0 radical (unpaired) electrons. The maximum Gasteiger partial charge on any atom is 0.319 e. The summed E-state index contributed by atoms with van der Waals surface area (Å²) in [5.74, 6) is -0.605. The average molecular weight is 344 g/mol. The standard InChI is InChI=1S/C15H16ClF2N3O2/c1-15(23,10-3-5-11(16)6-4-10)13(22)20(2)9-12-19-7-8-21(12)14(17)18/h3-8,14,23H,9H2,1-2H3. The van der Waals surface area contributed by atoms with Crippen LogP contribution in [0.4, 0.5) is 8.78 Å². The zero-order chi connectivity index (χ0) is 17.2. The molecule has 5 nitrogen and oxygen atoms in total. The molecule has 0 aliphatic rings. The first kappa shape index (κ1) is 17.4. The number of aromatic nitrogens is 2. The summed E-state index contributed by atoms with van der Waals surface area (Å²) < 4.78 is 26.3. The molecule has 0 saturated carbocycles. The molecule has 1 amide bonds. The van der Waals surface area contributed by atoms with Gasteiger partial charge >= 0.3 is 6.55 Å². The van der Waals surface area contributed by atoms with Crippen molar-refractivity contribution < 1.29 is 18.7 Å². The second kappa shape index (κ2) is 6.64. The van der Waals surface area contributed by atoms with Gasteiger partial charge in [0.15, 0.2) is 5.60 Å². The number of rotatable bonds is 5. The maximum absolute atomic E-state index is 12.8. The summed E-state index contributed by atoms with van der Waals surface area (Å²) in [6, 6.07) is 6.19. The van der Waals surface area contributed by atoms with E-state index in [1.807, 2.05) is 0 Å². The zero-order valence-electron chi connectivity index (χ0n) is 12.6. The van der Waals surface area contributed by atoms with E-state index in [0.717, 1.165) is 11.1 Å². The van der Waals surface area contributed by atoms with Crippen LogP contribution in [0.5, 0.6) is 0 Å². The summed E-state index contributed by atoms with van der Waals surface area (Å²) in [4.78, 5) is 17.4. The summed E-state index contributed by atoms with van der Waals surface area (Å²) in [5.41, 5.74) is -1.45. The molecule has 0 fully saturated rings. The van der Waals surface area contributed by atoms with Crippen molar-refractivity contribution in [1.29, 1.82) is 0 Å². The number of alkyl halides is 2. The van der Waals surface area contributed by atoms with Gasteiger partial charge in [-0.2, -0.15) is 8.78 Å². The third kappa shape index (κ3) is 3.68. The molecule has 0 spiro atoms. The van der Waals surface area contributed by atoms with E-state index < -0.39 is 18.1 Å². The molecule has 0 aliphatic heterocycles. The minimum absolute atomic E-state index is 0.0303. The highest BCUT2D eigenvalue weighted by Crippen LogP contribution is 2.25. The Morgan fingerprint density at radius 3 is 2.61 bits per heavy atom. The number of halogens is 3. The van der Waals surface area contributed by atoms with Crippen molar-refractivity contribution in [3.63, 3.8) is 0 Å². The molecule has 1 unspecified atom stereocenters. The lowest BCUT2D eigenvalue weighted by Crippen LogP contribution is -2.43. The summed E-state index contributed by atoms with van der Waals surface area (Å²) >= 11 is 5.79. The highest BCUT2D eigenvalue weighted by molar-refractivity contribution is 6.30. The Balaban J connectivity index is 2.18. The molecule has 2 aromatic rings. The van der Waals surface area contributed by atoms with Crippen molar-refractivity contribution in [2.45, 2.75) is 25.6 Å². The van der Waals surface area contributed by atoms with Crippen LogP contribution in [0.15, 0.2) is 36.7 Å². The van der Waals surface area contributed by atoms with Gasteiger partial charge in [0.2, 0.25) is 0 Å². The molecule has 8 heteroatoms. The van der Waals surface area contributed by atoms with Gasteiger partial charge in [-0.15, -0.1) is 0 Å². The molecule has 124 valence electrons. The third-order valence-corrected chi connectivity index (χ3v) is 3.76. The van der Waals surface area contributed by atoms with Crippen molar-refractivity contribution in [1.82, 2.24) is 14.5 Å². The van der Waals surface area contributed by atoms with Crippen LogP contribution < -0.4 is 0 Å². The number of aliphatic hydroxyl groups is 1. The number of benzene rings is 1. The average Bonchev–Trinajstić information content (AvgIpc) is 2.95. The van der Waals surface area contributed by atoms with E-state index in [1.54, 1.807) is 12.1 Å². The molecule has 0 bridgehead atoms. The second-order valence-electron chi connectivity index (χ2n) is 5.27. The first-order valence-electron chi connectivity index (χ1n) is 6.77. The monoisotopic (exact) mass is 343 g/mol. The Hall–Kier alpha value is -1.99. The Labute approximate surface area is 137 Å². The minimum atomic E-state index is -2.74. The van der Waals surface area contributed by atoms with E-state index in [0.29, 0.717) is 15.2 Å². The van der Waals surface area contributed by atoms with Gasteiger partial charge in [-0.3, -0.25) is 9.36 Å². The number of hydrogen-bond donors (Lipinski definition) is 1. The highest BCUT2D eigenvalue weighted by atomic mass is 35.5. The molecule has 1 atom stereocenters. The summed E-state index contributed by atoms with van der Waals surface area (Å²) in [5, 5.41) is 11.0. The quantitative estimate of drug-likeness (QED) is 0.908. The number of carbonyl (C=O) groups excluding carboxylic acids is 1. The van der Waals surface area contributed by atoms with Crippen LogP contribution in [-0.4, -0.2) is 32.5 Å². The van der Waals surface area contributed by atoms with Gasteiger partial charge in [-0.1, -0.05) is 23.7 Å². The largest absolute Gasteiger partial charge is 0.376 e. The van der Waals surface area contributed by atoms with Crippen LogP contribution in [0.3, 0.4) is 0 Å². The van der Waals surface area contributed by atoms with Crippen molar-refractivity contribution >= 4 is 17.5 Å². The van der Waals surface area contributed by atoms with Crippen LogP contribution in [0.2, 0.25) is 5.02 Å². The fourth-order valence-corrected chi connectivity index (χ4v) is 2.32. The zero-order valence-corrected chi connectivity index (χ0v) is 13.3. The van der Waals surface area contributed by atoms with Crippen molar-refractivity contribution in [3.05, 3.63) is 53.1 Å². The van der Waals surface area contributed by atoms with Gasteiger partial charge in [-0.05, 0) is 24.6 Å². The molecule has 0 aliphatic carbocycles. The highest BCUT2D eigenvalue weighted by Gasteiger charge is 2.35. The molecular formula is C15H16ClF2N3O2. The molecule has 1 N–H and O–H groups in total. The molecule has 0 saturated heterocycles. The molecule has 1 aromatic heterocycles. The fourth-order valence-electron chi connectivity index (χ4n) is 2.20. The Morgan fingerprint density at radius 2 is 2.04 bits per heavy atom. The second-order valence-corrected chi connectivity index (χ2v) is 5.71. The Kier molecular flexibility index (Phi) is 5.01. The van der Waals surface area contributed by atoms with E-state index in [1.165, 1.54) is 32.3 Å². The van der Waals surface area contributed by atoms with Gasteiger partial charge in [-0.25, -0.2) is 4.98 Å². The first-order valence-corrected chi connectivity index (χ1v) is 7.15. The normalized spacial score (nSPS) is 13.9. The van der Waals surface area contributed by atoms with Gasteiger partial charge in [0.1, 0.15) is 5.82 Å². The SMILES string of the molecule is CN(Cc1nccn1C(F)F)C(=O)C(C)(O)c1ccc(Cl)cc1. The molecule has 23 heavy (non-hydrogen) atoms. The van der Waals surface area contributed by atoms with Crippen LogP contribution >= 0.6 is 11.6 Å². The topological polar surface area (TPSA) is 58.4 Å². The maximum atomic E-state index is 12.8. The molecular weight excluding hydrogens is 328 g/mol. The molecule has 1 aromatic carbocycles. The molecule has 1 heterocycles. The Bertz CT molecular complexity index is 686. The van der Waals surface area contributed by atoms with Crippen molar-refractivity contribution in [3.8, 4) is 0 Å². The van der Waals surface area contributed by atoms with Crippen LogP contribution in [0.1, 0.15) is 24.9 Å². The first-order chi connectivity index (χ1) is 10.7. The van der Waals surface area contributed by atoms with Crippen LogP contribution in [0, 0.1) is 0 Å². The smallest absolute Gasteiger partial charge is 0.319 e. The number of nitrogens with zero attached hydrogens (tertiary/aromatic N) is 3. The Morgan fingerprint density at radius 1 is 1.43 bits per heavy atom. The van der Waals surface area contributed by atoms with E-state index >= 15 is 0 Å². The third-order valence-electron chi connectivity index (χ3n) is 3.51. The summed E-state index contributed by atoms with van der Waals surface area (Å²) in [6.07, 6.45) is 2.37. The number of imidazole rings is 1. The van der Waals surface area contributed by atoms with Gasteiger partial charge in [0.05, 0.1) is 6.54 Å². The van der Waals surface area contributed by atoms with E-state index in [4.69, 9.17) is 11.6 Å². The number of likely N-dealkylation sites (N-methyl/N-ethyl adjacent to an activating group) is 1. The number of hydrogen-bond acceptors (Lipinski definition) is 3. The van der Waals surface area contributed by atoms with Gasteiger partial charge < -0.3 is 10.0 Å². The van der Waals surface area contributed by atoms with Gasteiger partial charge in [0.25, 0.3) is 5.91 Å². The van der Waals surface area contributed by atoms with E-state index in [-0.39, 0.29) is 12.4 Å². The summed E-state index contributed by atoms with van der Waals surface area (Å²) in [7, 11) is 1.41. The lowest BCUT2D eigenvalue weighted by atomic mass is 9.94. The number of amides is 1. The van der Waals surface area contributed by atoms with Crippen LogP contribution in [-0.2, 0) is 16.9 Å². The number of carbonyl (C=O) groups is 1. The lowest BCUT2D eigenvalue weighted by Gasteiger charge is -2.28. The van der Waals surface area contributed by atoms with Crippen molar-refractivity contribution in [2.75, 3.05) is 7.05 Å². The van der Waals surface area contributed by atoms with Crippen molar-refractivity contribution in [2.24, 2.45) is 0 Å². The van der Waals surface area contributed by atoms with E-state index in [9.17, 15) is 18.7 Å². The fraction of sp³-hybridized carbons (Fsp3) is 0.333. The summed E-state index contributed by atoms with van der Waals surface area (Å²) in [6.45, 7) is -1.55. The van der Waals surface area contributed by atoms with Crippen LogP contribution in [0.25, 0.3) is 0 Å². The predicted molar refractivity (Wildman–Crippen MR) is 81.0 cm³/mol. The predicted octanol–water partition coefficient (Wildman–Crippen LogP) is 2.80. The lowest BCUT2D eigenvalue weighted by molar-refractivity contribution is -0.150. The van der Waals surface area contributed by atoms with E-state index in [2.05, 4.69) is 4.98 Å². The molecule has 2 rings (SSSR count).